The van der Waals surface area contributed by atoms with E-state index in [-0.39, 0.29) is 0 Å². The van der Waals surface area contributed by atoms with Gasteiger partial charge in [-0.15, -0.1) is 18.3 Å². The highest BCUT2D eigenvalue weighted by molar-refractivity contribution is 8.03. The van der Waals surface area contributed by atoms with E-state index >= 15 is 0 Å². The van der Waals surface area contributed by atoms with E-state index in [4.69, 9.17) is 0 Å². The summed E-state index contributed by atoms with van der Waals surface area (Å²) < 4.78 is 0. The van der Waals surface area contributed by atoms with Crippen LogP contribution in [0, 0.1) is 0 Å². The highest BCUT2D eigenvalue weighted by Gasteiger charge is 1.98. The first-order chi connectivity index (χ1) is 5.43. The molecule has 0 heterocycles. The molecule has 0 nitrogen and oxygen atoms in total. The van der Waals surface area contributed by atoms with Gasteiger partial charge in [-0.2, -0.15) is 0 Å². The van der Waals surface area contributed by atoms with E-state index in [0.29, 0.717) is 0 Å². The zero-order valence-corrected chi connectivity index (χ0v) is 7.57. The van der Waals surface area contributed by atoms with Gasteiger partial charge in [-0.25, -0.2) is 0 Å². The van der Waals surface area contributed by atoms with Gasteiger partial charge in [0.05, 0.1) is 0 Å². The first-order valence-corrected chi connectivity index (χ1v) is 5.01. The monoisotopic (exact) mass is 166 g/mol. The third kappa shape index (κ3) is 3.47. The Labute approximate surface area is 73.1 Å². The van der Waals surface area contributed by atoms with Crippen molar-refractivity contribution in [2.45, 2.75) is 19.3 Å². The second-order valence-electron chi connectivity index (χ2n) is 2.53. The molecule has 0 bridgehead atoms. The summed E-state index contributed by atoms with van der Waals surface area (Å²) in [7, 11) is 0. The molecule has 1 aliphatic rings. The van der Waals surface area contributed by atoms with Gasteiger partial charge in [0.1, 0.15) is 0 Å². The molecule has 0 saturated heterocycles. The van der Waals surface area contributed by atoms with Crippen molar-refractivity contribution in [2.75, 3.05) is 5.75 Å². The van der Waals surface area contributed by atoms with Crippen LogP contribution in [-0.4, -0.2) is 5.75 Å². The molecule has 60 valence electrons. The lowest BCUT2D eigenvalue weighted by atomic mass is 10.2. The fourth-order valence-electron chi connectivity index (χ4n) is 0.974. The van der Waals surface area contributed by atoms with Crippen molar-refractivity contribution < 1.29 is 0 Å². The topological polar surface area (TPSA) is 0 Å². The maximum absolute atomic E-state index is 3.70. The van der Waals surface area contributed by atoms with Gasteiger partial charge < -0.3 is 0 Å². The van der Waals surface area contributed by atoms with E-state index in [9.17, 15) is 0 Å². The molecule has 0 saturated carbocycles. The standard InChI is InChI=1S/C10H14S/c1-2-3-9-11-10-7-5-4-6-8-10/h2,4-5,7H,1,3,6,8-9H2. The average Bonchev–Trinajstić information content (AvgIpc) is 2.07. The first-order valence-electron chi connectivity index (χ1n) is 4.03. The molecule has 1 aliphatic carbocycles. The Hall–Kier alpha value is -0.430. The predicted octanol–water partition coefficient (Wildman–Crippen LogP) is 3.53. The summed E-state index contributed by atoms with van der Waals surface area (Å²) in [6.45, 7) is 3.70. The summed E-state index contributed by atoms with van der Waals surface area (Å²) >= 11 is 1.96. The van der Waals surface area contributed by atoms with Crippen LogP contribution in [0.1, 0.15) is 19.3 Å². The van der Waals surface area contributed by atoms with Gasteiger partial charge in [-0.1, -0.05) is 24.3 Å². The molecule has 0 unspecified atom stereocenters. The molecule has 0 radical (unpaired) electrons. The van der Waals surface area contributed by atoms with Crippen LogP contribution in [0.5, 0.6) is 0 Å². The van der Waals surface area contributed by atoms with Crippen LogP contribution in [-0.2, 0) is 0 Å². The third-order valence-corrected chi connectivity index (χ3v) is 2.74. The van der Waals surface area contributed by atoms with Gasteiger partial charge in [0, 0.05) is 5.75 Å². The van der Waals surface area contributed by atoms with Crippen LogP contribution in [0.4, 0.5) is 0 Å². The van der Waals surface area contributed by atoms with Gasteiger partial charge in [-0.3, -0.25) is 0 Å². The maximum Gasteiger partial charge on any atom is 0.00113 e. The molecule has 0 spiro atoms. The number of rotatable bonds is 4. The van der Waals surface area contributed by atoms with Crippen molar-refractivity contribution >= 4 is 11.8 Å². The minimum absolute atomic E-state index is 1.12. The smallest absolute Gasteiger partial charge is 0.00113 e. The van der Waals surface area contributed by atoms with Crippen molar-refractivity contribution in [1.29, 1.82) is 0 Å². The first kappa shape index (κ1) is 8.66. The number of thioether (sulfide) groups is 1. The molecule has 0 N–H and O–H groups in total. The summed E-state index contributed by atoms with van der Waals surface area (Å²) in [5, 5.41) is 0. The van der Waals surface area contributed by atoms with Gasteiger partial charge >= 0.3 is 0 Å². The molecule has 0 aromatic rings. The minimum atomic E-state index is 1.12. The molecular weight excluding hydrogens is 152 g/mol. The highest BCUT2D eigenvalue weighted by Crippen LogP contribution is 2.24. The van der Waals surface area contributed by atoms with Crippen molar-refractivity contribution in [3.8, 4) is 0 Å². The van der Waals surface area contributed by atoms with Crippen LogP contribution >= 0.6 is 11.8 Å². The van der Waals surface area contributed by atoms with Crippen LogP contribution in [0.15, 0.2) is 35.8 Å². The summed E-state index contributed by atoms with van der Waals surface area (Å²) in [5.74, 6) is 1.18. The predicted molar refractivity (Wildman–Crippen MR) is 53.7 cm³/mol. The molecular formula is C10H14S. The molecule has 1 rings (SSSR count). The summed E-state index contributed by atoms with van der Waals surface area (Å²) in [6, 6.07) is 0. The molecule has 0 aromatic carbocycles. The fraction of sp³-hybridized carbons (Fsp3) is 0.400. The maximum atomic E-state index is 3.70. The Morgan fingerprint density at radius 1 is 1.64 bits per heavy atom. The highest BCUT2D eigenvalue weighted by atomic mass is 32.2. The van der Waals surface area contributed by atoms with Gasteiger partial charge in [0.2, 0.25) is 0 Å². The van der Waals surface area contributed by atoms with E-state index in [0.717, 1.165) is 6.42 Å². The second kappa shape index (κ2) is 5.25. The number of hydrogen-bond acceptors (Lipinski definition) is 1. The zero-order chi connectivity index (χ0) is 7.94. The molecule has 1 heteroatoms. The lowest BCUT2D eigenvalue weighted by Crippen LogP contribution is -1.84. The molecule has 11 heavy (non-hydrogen) atoms. The van der Waals surface area contributed by atoms with E-state index in [1.165, 1.54) is 23.5 Å². The van der Waals surface area contributed by atoms with E-state index in [1.807, 2.05) is 17.8 Å². The molecule has 0 atom stereocenters. The van der Waals surface area contributed by atoms with Gasteiger partial charge in [0.25, 0.3) is 0 Å². The SMILES string of the molecule is C=CCCSC1=CC=CCC1. The normalized spacial score (nSPS) is 16.2. The molecule has 0 aromatic heterocycles. The zero-order valence-electron chi connectivity index (χ0n) is 6.75. The lowest BCUT2D eigenvalue weighted by molar-refractivity contribution is 1.02. The summed E-state index contributed by atoms with van der Waals surface area (Å²) in [5.41, 5.74) is 0. The van der Waals surface area contributed by atoms with Crippen LogP contribution in [0.25, 0.3) is 0 Å². The molecule has 0 amide bonds. The molecule has 0 aliphatic heterocycles. The second-order valence-corrected chi connectivity index (χ2v) is 3.75. The Morgan fingerprint density at radius 3 is 3.18 bits per heavy atom. The largest absolute Gasteiger partial charge is 0.130 e. The fourth-order valence-corrected chi connectivity index (χ4v) is 1.96. The van der Waals surface area contributed by atoms with Crippen LogP contribution < -0.4 is 0 Å². The van der Waals surface area contributed by atoms with Crippen molar-refractivity contribution in [3.63, 3.8) is 0 Å². The number of allylic oxidation sites excluding steroid dienone is 5. The van der Waals surface area contributed by atoms with Crippen LogP contribution in [0.3, 0.4) is 0 Å². The lowest BCUT2D eigenvalue weighted by Gasteiger charge is -2.06. The average molecular weight is 166 g/mol. The van der Waals surface area contributed by atoms with Crippen LogP contribution in [0.2, 0.25) is 0 Å². The van der Waals surface area contributed by atoms with Crippen molar-refractivity contribution in [3.05, 3.63) is 35.8 Å². The third-order valence-electron chi connectivity index (χ3n) is 1.59. The van der Waals surface area contributed by atoms with E-state index in [2.05, 4.69) is 24.8 Å². The van der Waals surface area contributed by atoms with Crippen molar-refractivity contribution in [2.24, 2.45) is 0 Å². The minimum Gasteiger partial charge on any atom is -0.130 e. The summed E-state index contributed by atoms with van der Waals surface area (Å²) in [6.07, 6.45) is 12.1. The van der Waals surface area contributed by atoms with E-state index < -0.39 is 0 Å². The molecule has 0 fully saturated rings. The summed E-state index contributed by atoms with van der Waals surface area (Å²) in [4.78, 5) is 1.52. The Bertz CT molecular complexity index is 177. The Morgan fingerprint density at radius 2 is 2.55 bits per heavy atom. The Kier molecular flexibility index (Phi) is 4.14. The Balaban J connectivity index is 2.19. The quantitative estimate of drug-likeness (QED) is 0.455. The number of hydrogen-bond donors (Lipinski definition) is 0. The van der Waals surface area contributed by atoms with Gasteiger partial charge in [0.15, 0.2) is 0 Å². The van der Waals surface area contributed by atoms with Gasteiger partial charge in [-0.05, 0) is 24.2 Å². The van der Waals surface area contributed by atoms with E-state index in [1.54, 1.807) is 0 Å². The van der Waals surface area contributed by atoms with Crippen molar-refractivity contribution in [1.82, 2.24) is 0 Å².